The normalized spacial score (nSPS) is 13.0. The maximum atomic E-state index is 10.6. The molecular weight excluding hydrogens is 567 g/mol. The molecule has 0 atom stereocenters. The molecule has 0 bridgehead atoms. The van der Waals surface area contributed by atoms with E-state index in [-0.39, 0.29) is 54.7 Å². The molecule has 0 amide bonds. The van der Waals surface area contributed by atoms with Crippen molar-refractivity contribution in [1.82, 2.24) is 9.88 Å². The van der Waals surface area contributed by atoms with Gasteiger partial charge in [-0.3, -0.25) is 20.0 Å². The number of non-ortho nitro benzene ring substituents is 1. The summed E-state index contributed by atoms with van der Waals surface area (Å²) >= 11 is 0. The molecule has 2 heterocycles. The van der Waals surface area contributed by atoms with E-state index in [0.29, 0.717) is 5.39 Å². The minimum atomic E-state index is -0.387. The first-order valence-electron chi connectivity index (χ1n) is 9.12. The van der Waals surface area contributed by atoms with Crippen molar-refractivity contribution in [3.63, 3.8) is 0 Å². The second kappa shape index (κ2) is 10.8. The molecule has 0 saturated carbocycles. The zero-order valence-corrected chi connectivity index (χ0v) is 20.7. The van der Waals surface area contributed by atoms with Crippen LogP contribution in [0.25, 0.3) is 16.5 Å². The van der Waals surface area contributed by atoms with Crippen molar-refractivity contribution in [2.75, 3.05) is 13.1 Å². The van der Waals surface area contributed by atoms with Crippen LogP contribution in [0.2, 0.25) is 0 Å². The van der Waals surface area contributed by atoms with Crippen LogP contribution < -0.4 is 0 Å². The summed E-state index contributed by atoms with van der Waals surface area (Å²) in [4.78, 5) is 16.6. The number of nitrogens with one attached hydrogen (secondary N) is 1. The summed E-state index contributed by atoms with van der Waals surface area (Å²) in [6.45, 7) is 5.56. The summed E-state index contributed by atoms with van der Waals surface area (Å²) < 4.78 is 0. The molecule has 0 spiro atoms. The second-order valence-corrected chi connectivity index (χ2v) is 6.60. The molecule has 6 nitrogen and oxygen atoms in total. The molecular formula is C21H23AcN4O2-. The van der Waals surface area contributed by atoms with Gasteiger partial charge in [0.2, 0.25) is 0 Å². The van der Waals surface area contributed by atoms with Gasteiger partial charge in [-0.25, -0.2) is 0 Å². The van der Waals surface area contributed by atoms with Gasteiger partial charge in [0.05, 0.1) is 10.3 Å². The van der Waals surface area contributed by atoms with Gasteiger partial charge in [-0.05, 0) is 31.0 Å². The maximum absolute atomic E-state index is 10.6. The van der Waals surface area contributed by atoms with E-state index in [9.17, 15) is 10.1 Å². The standard InChI is InChI=1S/C12H17N2.C9H6N2O2.Ac/c1-2-7-14-8-6-11-10(9-14)4-3-5-12(11)13;12-11(13)9-3-1-2-7-6-10-5-4-8(7)9;/h3-5,13H,2,6-9H2,1H3;1-6H;/q-1;;. The average Bonchev–Trinajstić information content (AvgIpc) is 2.68. The zero-order chi connectivity index (χ0) is 19.2. The first kappa shape index (κ1) is 22.7. The van der Waals surface area contributed by atoms with Crippen LogP contribution in [0.1, 0.15) is 24.5 Å². The number of nitro groups is 1. The van der Waals surface area contributed by atoms with Crippen LogP contribution in [0.3, 0.4) is 0 Å². The second-order valence-electron chi connectivity index (χ2n) is 6.60. The van der Waals surface area contributed by atoms with Crippen molar-refractivity contribution in [2.45, 2.75) is 26.3 Å². The number of aromatic nitrogens is 1. The van der Waals surface area contributed by atoms with Gasteiger partial charge in [-0.2, -0.15) is 0 Å². The minimum absolute atomic E-state index is 0. The summed E-state index contributed by atoms with van der Waals surface area (Å²) in [6, 6.07) is 12.6. The van der Waals surface area contributed by atoms with Crippen LogP contribution in [0.4, 0.5) is 11.4 Å². The van der Waals surface area contributed by atoms with Crippen molar-refractivity contribution >= 4 is 22.1 Å². The van der Waals surface area contributed by atoms with E-state index >= 15 is 0 Å². The Labute approximate surface area is 200 Å². The molecule has 1 N–H and O–H groups in total. The third kappa shape index (κ3) is 5.50. The van der Waals surface area contributed by atoms with Crippen LogP contribution in [-0.2, 0) is 13.0 Å². The third-order valence-electron chi connectivity index (χ3n) is 4.74. The fourth-order valence-corrected chi connectivity index (χ4v) is 3.44. The maximum Gasteiger partial charge on any atom is 0.277 e. The Morgan fingerprint density at radius 3 is 2.75 bits per heavy atom. The first-order chi connectivity index (χ1) is 13.1. The number of hydrogen-bond donors (Lipinski definition) is 0. The molecule has 0 aliphatic carbocycles. The van der Waals surface area contributed by atoms with Gasteiger partial charge >= 0.3 is 0 Å². The van der Waals surface area contributed by atoms with Crippen molar-refractivity contribution in [3.8, 4) is 0 Å². The Hall–Kier alpha value is -1.55. The number of nitro benzene ring substituents is 1. The predicted molar refractivity (Wildman–Crippen MR) is 108 cm³/mol. The van der Waals surface area contributed by atoms with Crippen molar-refractivity contribution in [1.29, 1.82) is 0 Å². The van der Waals surface area contributed by atoms with E-state index in [1.807, 2.05) is 12.1 Å². The van der Waals surface area contributed by atoms with Gasteiger partial charge in [0.15, 0.2) is 0 Å². The molecule has 1 radical (unpaired) electrons. The van der Waals surface area contributed by atoms with E-state index < -0.39 is 0 Å². The number of benzene rings is 2. The van der Waals surface area contributed by atoms with Gasteiger partial charge in [-0.15, -0.1) is 5.69 Å². The van der Waals surface area contributed by atoms with Crippen LogP contribution >= 0.6 is 0 Å². The molecule has 28 heavy (non-hydrogen) atoms. The van der Waals surface area contributed by atoms with Crippen molar-refractivity contribution in [2.24, 2.45) is 0 Å². The van der Waals surface area contributed by atoms with E-state index in [1.165, 1.54) is 30.2 Å². The molecule has 1 aliphatic rings. The summed E-state index contributed by atoms with van der Waals surface area (Å²) in [5, 5.41) is 12.0. The van der Waals surface area contributed by atoms with E-state index in [4.69, 9.17) is 5.73 Å². The average molecular weight is 590 g/mol. The quantitative estimate of drug-likeness (QED) is 0.307. The first-order valence-corrected chi connectivity index (χ1v) is 9.12. The SMILES string of the molecule is CCCN1CCc2c([NH-])cccc2C1.O=[N+]([O-])c1cccc2cnccc12.[Ac]. The topological polar surface area (TPSA) is 83.1 Å². The van der Waals surface area contributed by atoms with Crippen molar-refractivity contribution in [3.05, 3.63) is 81.8 Å². The molecule has 1 aromatic heterocycles. The predicted octanol–water partition coefficient (Wildman–Crippen LogP) is 5.28. The Kier molecular flexibility index (Phi) is 8.81. The van der Waals surface area contributed by atoms with Gasteiger partial charge in [0.25, 0.3) is 5.69 Å². The molecule has 3 aromatic rings. The Morgan fingerprint density at radius 1 is 1.21 bits per heavy atom. The Morgan fingerprint density at radius 2 is 2.00 bits per heavy atom. The largest absolute Gasteiger partial charge is 0.698 e. The van der Waals surface area contributed by atoms with E-state index in [0.717, 1.165) is 30.6 Å². The monoisotopic (exact) mass is 590 g/mol. The Bertz CT molecular complexity index is 943. The van der Waals surface area contributed by atoms with Crippen LogP contribution in [-0.4, -0.2) is 27.9 Å². The van der Waals surface area contributed by atoms with E-state index in [2.05, 4.69) is 22.9 Å². The molecule has 0 saturated heterocycles. The van der Waals surface area contributed by atoms with Gasteiger partial charge < -0.3 is 5.73 Å². The zero-order valence-electron chi connectivity index (χ0n) is 16.0. The molecule has 2 aromatic carbocycles. The number of pyridine rings is 1. The molecule has 0 fully saturated rings. The summed E-state index contributed by atoms with van der Waals surface area (Å²) in [5.74, 6) is 0. The summed E-state index contributed by atoms with van der Waals surface area (Å²) in [7, 11) is 0. The number of hydrogen-bond acceptors (Lipinski definition) is 4. The molecule has 4 rings (SSSR count). The fraction of sp³-hybridized carbons (Fsp3) is 0.286. The Balaban J connectivity index is 0.000000194. The molecule has 143 valence electrons. The minimum Gasteiger partial charge on any atom is -0.698 e. The fourth-order valence-electron chi connectivity index (χ4n) is 3.44. The number of rotatable bonds is 3. The van der Waals surface area contributed by atoms with Crippen LogP contribution in [0, 0.1) is 54.2 Å². The number of nitrogens with zero attached hydrogens (tertiary/aromatic N) is 3. The van der Waals surface area contributed by atoms with E-state index in [1.54, 1.807) is 30.6 Å². The third-order valence-corrected chi connectivity index (χ3v) is 4.74. The van der Waals surface area contributed by atoms with Crippen LogP contribution in [0.15, 0.2) is 54.9 Å². The van der Waals surface area contributed by atoms with Crippen LogP contribution in [0.5, 0.6) is 0 Å². The molecule has 1 aliphatic heterocycles. The smallest absolute Gasteiger partial charge is 0.277 e. The van der Waals surface area contributed by atoms with Gasteiger partial charge in [0.1, 0.15) is 0 Å². The number of fused-ring (bicyclic) bond motifs is 2. The summed E-state index contributed by atoms with van der Waals surface area (Å²) in [5.41, 5.74) is 11.3. The molecule has 0 unspecified atom stereocenters. The van der Waals surface area contributed by atoms with Crippen molar-refractivity contribution < 1.29 is 49.0 Å². The van der Waals surface area contributed by atoms with Gasteiger partial charge in [-0.1, -0.05) is 42.8 Å². The summed E-state index contributed by atoms with van der Waals surface area (Å²) in [6.07, 6.45) is 5.43. The molecule has 7 heteroatoms. The van der Waals surface area contributed by atoms with Gasteiger partial charge in [0, 0.05) is 81.0 Å².